The van der Waals surface area contributed by atoms with E-state index in [1.807, 2.05) is 29.4 Å². The Kier molecular flexibility index (Phi) is 6.73. The zero-order valence-electron chi connectivity index (χ0n) is 17.6. The van der Waals surface area contributed by atoms with E-state index >= 15 is 0 Å². The Morgan fingerprint density at radius 2 is 1.74 bits per heavy atom. The van der Waals surface area contributed by atoms with Crippen LogP contribution in [-0.2, 0) is 9.53 Å². The predicted molar refractivity (Wildman–Crippen MR) is 116 cm³/mol. The number of rotatable bonds is 5. The molecule has 1 fully saturated rings. The van der Waals surface area contributed by atoms with Gasteiger partial charge in [-0.3, -0.25) is 0 Å². The lowest BCUT2D eigenvalue weighted by molar-refractivity contribution is -0.193. The van der Waals surface area contributed by atoms with Gasteiger partial charge in [0.25, 0.3) is 5.88 Å². The maximum Gasteiger partial charge on any atom is 0.491 e. The maximum atomic E-state index is 12.3. The number of hydrogen-bond donors (Lipinski definition) is 1. The highest BCUT2D eigenvalue weighted by atomic mass is 35.5. The topological polar surface area (TPSA) is 97.4 Å². The van der Waals surface area contributed by atoms with E-state index < -0.39 is 29.7 Å². The third kappa shape index (κ3) is 5.30. The van der Waals surface area contributed by atoms with E-state index in [1.54, 1.807) is 12.1 Å². The van der Waals surface area contributed by atoms with Gasteiger partial charge < -0.3 is 14.4 Å². The molecule has 12 heteroatoms. The summed E-state index contributed by atoms with van der Waals surface area (Å²) in [5.74, 6) is -4.64. The number of benzene rings is 2. The molecule has 1 saturated heterocycles. The number of H-pyrrole nitrogens is 1. The van der Waals surface area contributed by atoms with Gasteiger partial charge in [0.1, 0.15) is 5.75 Å². The Morgan fingerprint density at radius 1 is 1.03 bits per heavy atom. The van der Waals surface area contributed by atoms with Gasteiger partial charge in [-0.05, 0) is 49.1 Å². The third-order valence-corrected chi connectivity index (χ3v) is 5.50. The molecule has 1 aromatic heterocycles. The number of alkyl halides is 3. The van der Waals surface area contributed by atoms with Crippen molar-refractivity contribution in [2.75, 3.05) is 18.0 Å². The number of aromatic amines is 1. The molecule has 1 N–H and O–H groups in total. The summed E-state index contributed by atoms with van der Waals surface area (Å²) in [6, 6.07) is 12.7. The molecule has 0 amide bonds. The molecular weight excluding hydrogens is 477 g/mol. The van der Waals surface area contributed by atoms with Gasteiger partial charge in [0.15, 0.2) is 0 Å². The van der Waals surface area contributed by atoms with Crippen molar-refractivity contribution in [3.05, 3.63) is 53.2 Å². The Morgan fingerprint density at radius 3 is 2.38 bits per heavy atom. The van der Waals surface area contributed by atoms with E-state index in [9.17, 15) is 22.8 Å². The van der Waals surface area contributed by atoms with Crippen LogP contribution >= 0.6 is 11.6 Å². The number of aromatic nitrogens is 3. The molecule has 8 nitrogen and oxygen atoms in total. The van der Waals surface area contributed by atoms with Crippen molar-refractivity contribution in [1.82, 2.24) is 15.4 Å². The second-order valence-corrected chi connectivity index (χ2v) is 7.91. The number of carbonyl (C=O) groups excluding carboxylic acids is 2. The van der Waals surface area contributed by atoms with Crippen LogP contribution in [0.1, 0.15) is 29.8 Å². The van der Waals surface area contributed by atoms with Crippen LogP contribution in [0.5, 0.6) is 11.6 Å². The van der Waals surface area contributed by atoms with Gasteiger partial charge in [0, 0.05) is 30.4 Å². The van der Waals surface area contributed by atoms with Crippen molar-refractivity contribution in [3.63, 3.8) is 0 Å². The van der Waals surface area contributed by atoms with Crippen LogP contribution in [0.4, 0.5) is 18.9 Å². The minimum Gasteiger partial charge on any atom is -0.436 e. The molecule has 4 rings (SSSR count). The van der Waals surface area contributed by atoms with Crippen LogP contribution in [0.3, 0.4) is 0 Å². The first-order valence-electron chi connectivity index (χ1n) is 10.3. The van der Waals surface area contributed by atoms with Crippen LogP contribution in [0.25, 0.3) is 11.1 Å². The lowest BCUT2D eigenvalue weighted by Gasteiger charge is -2.28. The molecular formula is C22H18ClF3N4O4. The molecule has 0 atom stereocenters. The normalized spacial score (nSPS) is 14.1. The quantitative estimate of drug-likeness (QED) is 0.387. The highest BCUT2D eigenvalue weighted by molar-refractivity contribution is 6.33. The summed E-state index contributed by atoms with van der Waals surface area (Å²) in [6.07, 6.45) is -1.72. The third-order valence-electron chi connectivity index (χ3n) is 5.19. The molecule has 0 unspecified atom stereocenters. The zero-order valence-corrected chi connectivity index (χ0v) is 18.3. The molecule has 0 radical (unpaired) electrons. The van der Waals surface area contributed by atoms with E-state index in [2.05, 4.69) is 19.9 Å². The first-order chi connectivity index (χ1) is 16.2. The Bertz CT molecular complexity index is 1190. The number of esters is 2. The SMILES string of the molecule is O=C(OC(=O)C(F)(F)F)c1[nH]nnc1Oc1ccc(-c2ccc(N3CCCCC3)cc2)c(Cl)c1. The van der Waals surface area contributed by atoms with Gasteiger partial charge in [-0.25, -0.2) is 14.7 Å². The van der Waals surface area contributed by atoms with Gasteiger partial charge >= 0.3 is 18.1 Å². The number of ether oxygens (including phenoxy) is 2. The van der Waals surface area contributed by atoms with E-state index in [0.29, 0.717) is 5.02 Å². The van der Waals surface area contributed by atoms with E-state index in [0.717, 1.165) is 29.9 Å². The predicted octanol–water partition coefficient (Wildman–Crippen LogP) is 5.15. The van der Waals surface area contributed by atoms with E-state index in [4.69, 9.17) is 16.3 Å². The highest BCUT2D eigenvalue weighted by Crippen LogP contribution is 2.34. The Balaban J connectivity index is 1.47. The molecule has 3 aromatic rings. The van der Waals surface area contributed by atoms with Crippen molar-refractivity contribution < 1.29 is 32.2 Å². The van der Waals surface area contributed by atoms with Gasteiger partial charge in [0.2, 0.25) is 5.69 Å². The average molecular weight is 495 g/mol. The van der Waals surface area contributed by atoms with Crippen LogP contribution in [0.15, 0.2) is 42.5 Å². The molecule has 1 aliphatic heterocycles. The number of halogens is 4. The summed E-state index contributed by atoms with van der Waals surface area (Å²) >= 11 is 6.42. The summed E-state index contributed by atoms with van der Waals surface area (Å²) in [5.41, 5.74) is 2.10. The Hall–Kier alpha value is -3.60. The molecule has 178 valence electrons. The number of piperidine rings is 1. The van der Waals surface area contributed by atoms with Crippen LogP contribution in [0.2, 0.25) is 5.02 Å². The second kappa shape index (κ2) is 9.72. The smallest absolute Gasteiger partial charge is 0.436 e. The van der Waals surface area contributed by atoms with Gasteiger partial charge in [-0.15, -0.1) is 0 Å². The minimum atomic E-state index is -5.33. The molecule has 0 saturated carbocycles. The first-order valence-corrected chi connectivity index (χ1v) is 10.7. The summed E-state index contributed by atoms with van der Waals surface area (Å²) in [6.45, 7) is 2.07. The number of anilines is 1. The molecule has 2 aromatic carbocycles. The summed E-state index contributed by atoms with van der Waals surface area (Å²) in [5, 5.41) is 9.20. The highest BCUT2D eigenvalue weighted by Gasteiger charge is 2.43. The van der Waals surface area contributed by atoms with Crippen molar-refractivity contribution >= 4 is 29.2 Å². The molecule has 2 heterocycles. The van der Waals surface area contributed by atoms with Crippen molar-refractivity contribution in [3.8, 4) is 22.8 Å². The fourth-order valence-corrected chi connectivity index (χ4v) is 3.80. The van der Waals surface area contributed by atoms with Crippen LogP contribution in [-0.4, -0.2) is 46.6 Å². The number of hydrogen-bond acceptors (Lipinski definition) is 7. The number of nitrogens with zero attached hydrogens (tertiary/aromatic N) is 3. The van der Waals surface area contributed by atoms with Crippen molar-refractivity contribution in [1.29, 1.82) is 0 Å². The standard InChI is InChI=1S/C22H18ClF3N4O4/c23-17-12-15(33-19-18(27-29-28-19)20(31)34-21(32)22(24,25)26)8-9-16(17)13-4-6-14(7-5-13)30-10-2-1-3-11-30/h4-9,12H,1-3,10-11H2,(H,27,28,29). The van der Waals surface area contributed by atoms with Crippen LogP contribution < -0.4 is 9.64 Å². The monoisotopic (exact) mass is 494 g/mol. The molecule has 34 heavy (non-hydrogen) atoms. The molecule has 1 aliphatic rings. The lowest BCUT2D eigenvalue weighted by atomic mass is 10.0. The summed E-state index contributed by atoms with van der Waals surface area (Å²) in [4.78, 5) is 25.1. The van der Waals surface area contributed by atoms with Crippen molar-refractivity contribution in [2.45, 2.75) is 25.4 Å². The number of carbonyl (C=O) groups is 2. The molecule has 0 aliphatic carbocycles. The minimum absolute atomic E-state index is 0.142. The fraction of sp³-hybridized carbons (Fsp3) is 0.273. The first kappa shape index (κ1) is 23.6. The largest absolute Gasteiger partial charge is 0.491 e. The maximum absolute atomic E-state index is 12.3. The fourth-order valence-electron chi connectivity index (χ4n) is 3.52. The molecule has 0 bridgehead atoms. The zero-order chi connectivity index (χ0) is 24.3. The van der Waals surface area contributed by atoms with Gasteiger partial charge in [-0.1, -0.05) is 34.0 Å². The molecule has 0 spiro atoms. The van der Waals surface area contributed by atoms with Gasteiger partial charge in [0.05, 0.1) is 5.02 Å². The summed E-state index contributed by atoms with van der Waals surface area (Å²) in [7, 11) is 0. The lowest BCUT2D eigenvalue weighted by Crippen LogP contribution is -2.29. The summed E-state index contributed by atoms with van der Waals surface area (Å²) < 4.78 is 46.1. The number of nitrogens with one attached hydrogen (secondary N) is 1. The Labute approximate surface area is 196 Å². The van der Waals surface area contributed by atoms with E-state index in [1.165, 1.54) is 25.3 Å². The van der Waals surface area contributed by atoms with E-state index in [-0.39, 0.29) is 5.75 Å². The van der Waals surface area contributed by atoms with Crippen LogP contribution in [0, 0.1) is 0 Å². The van der Waals surface area contributed by atoms with Gasteiger partial charge in [-0.2, -0.15) is 13.2 Å². The van der Waals surface area contributed by atoms with Crippen molar-refractivity contribution in [2.24, 2.45) is 0 Å². The second-order valence-electron chi connectivity index (χ2n) is 7.50. The average Bonchev–Trinajstić information content (AvgIpc) is 3.27.